The van der Waals surface area contributed by atoms with Crippen molar-refractivity contribution in [2.24, 2.45) is 17.8 Å². The molecule has 3 atom stereocenters. The Labute approximate surface area is 130 Å². The highest BCUT2D eigenvalue weighted by Crippen LogP contribution is 2.36. The van der Waals surface area contributed by atoms with E-state index in [0.717, 1.165) is 0 Å². The summed E-state index contributed by atoms with van der Waals surface area (Å²) >= 11 is 0. The van der Waals surface area contributed by atoms with Crippen LogP contribution in [-0.2, 0) is 19.1 Å². The average molecular weight is 309 g/mol. The van der Waals surface area contributed by atoms with Gasteiger partial charge in [0.25, 0.3) is 0 Å². The number of hydrogen-bond donors (Lipinski definition) is 0. The van der Waals surface area contributed by atoms with Gasteiger partial charge in [0.15, 0.2) is 5.78 Å². The number of amides is 1. The first kappa shape index (κ1) is 16.5. The van der Waals surface area contributed by atoms with Crippen LogP contribution in [0.15, 0.2) is 12.2 Å². The van der Waals surface area contributed by atoms with Crippen molar-refractivity contribution < 1.29 is 23.9 Å². The molecule has 0 radical (unpaired) electrons. The Hall–Kier alpha value is -1.85. The van der Waals surface area contributed by atoms with Crippen molar-refractivity contribution in [1.82, 2.24) is 4.90 Å². The zero-order valence-corrected chi connectivity index (χ0v) is 13.5. The molecule has 122 valence electrons. The number of allylic oxidation sites excluding steroid dienone is 1. The summed E-state index contributed by atoms with van der Waals surface area (Å²) < 4.78 is 10.1. The van der Waals surface area contributed by atoms with Crippen molar-refractivity contribution in [1.29, 1.82) is 0 Å². The number of carbonyl (C=O) groups is 3. The summed E-state index contributed by atoms with van der Waals surface area (Å²) in [7, 11) is 1.29. The van der Waals surface area contributed by atoms with Gasteiger partial charge in [-0.25, -0.2) is 4.79 Å². The number of fused-ring (bicyclic) bond motifs is 1. The maximum atomic E-state index is 12.1. The number of carbonyl (C=O) groups excluding carboxylic acids is 3. The van der Waals surface area contributed by atoms with E-state index in [0.29, 0.717) is 19.5 Å². The number of esters is 1. The molecule has 0 aromatic heterocycles. The Morgan fingerprint density at radius 3 is 2.59 bits per heavy atom. The summed E-state index contributed by atoms with van der Waals surface area (Å²) in [6.07, 6.45) is 3.45. The minimum absolute atomic E-state index is 0.0249. The van der Waals surface area contributed by atoms with Crippen molar-refractivity contribution in [2.75, 3.05) is 20.2 Å². The Balaban J connectivity index is 2.09. The second-order valence-corrected chi connectivity index (χ2v) is 6.81. The number of ketones is 1. The highest BCUT2D eigenvalue weighted by Gasteiger charge is 2.44. The van der Waals surface area contributed by atoms with Gasteiger partial charge in [-0.2, -0.15) is 0 Å². The smallest absolute Gasteiger partial charge is 0.410 e. The molecule has 1 saturated heterocycles. The summed E-state index contributed by atoms with van der Waals surface area (Å²) in [6.45, 7) is 6.40. The number of hydrogen-bond acceptors (Lipinski definition) is 5. The molecule has 0 aromatic rings. The molecule has 0 N–H and O–H groups in total. The third-order valence-electron chi connectivity index (χ3n) is 4.06. The first-order valence-electron chi connectivity index (χ1n) is 7.50. The third-order valence-corrected chi connectivity index (χ3v) is 4.06. The van der Waals surface area contributed by atoms with Gasteiger partial charge in [0.1, 0.15) is 11.5 Å². The van der Waals surface area contributed by atoms with E-state index in [2.05, 4.69) is 0 Å². The molecule has 1 amide bonds. The lowest BCUT2D eigenvalue weighted by molar-refractivity contribution is -0.152. The molecule has 2 aliphatic rings. The van der Waals surface area contributed by atoms with Gasteiger partial charge in [-0.1, -0.05) is 6.08 Å². The van der Waals surface area contributed by atoms with E-state index < -0.39 is 17.5 Å². The topological polar surface area (TPSA) is 72.9 Å². The second-order valence-electron chi connectivity index (χ2n) is 6.81. The van der Waals surface area contributed by atoms with E-state index in [1.54, 1.807) is 11.0 Å². The van der Waals surface area contributed by atoms with Crippen LogP contribution in [0.2, 0.25) is 0 Å². The number of piperidine rings is 1. The Bertz CT molecular complexity index is 505. The summed E-state index contributed by atoms with van der Waals surface area (Å²) in [4.78, 5) is 37.6. The molecule has 1 aliphatic carbocycles. The van der Waals surface area contributed by atoms with Crippen LogP contribution in [0.4, 0.5) is 4.79 Å². The Morgan fingerprint density at radius 2 is 2.00 bits per heavy atom. The van der Waals surface area contributed by atoms with E-state index in [1.807, 2.05) is 20.8 Å². The van der Waals surface area contributed by atoms with Crippen LogP contribution < -0.4 is 0 Å². The number of likely N-dealkylation sites (tertiary alicyclic amines) is 1. The van der Waals surface area contributed by atoms with E-state index in [-0.39, 0.29) is 23.7 Å². The molecule has 2 rings (SSSR count). The maximum absolute atomic E-state index is 12.1. The van der Waals surface area contributed by atoms with Gasteiger partial charge in [0, 0.05) is 13.1 Å². The predicted molar refractivity (Wildman–Crippen MR) is 79.1 cm³/mol. The summed E-state index contributed by atoms with van der Waals surface area (Å²) in [6, 6.07) is 0. The summed E-state index contributed by atoms with van der Waals surface area (Å²) in [5.74, 6) is -1.58. The molecule has 0 unspecified atom stereocenters. The SMILES string of the molecule is COC(=O)[C@H]1C(=O)C=C[C@H]2CN(C(=O)OC(C)(C)C)CC[C@H]12. The van der Waals surface area contributed by atoms with Gasteiger partial charge in [-0.15, -0.1) is 0 Å². The molecular weight excluding hydrogens is 286 g/mol. The molecule has 0 saturated carbocycles. The predicted octanol–water partition coefficient (Wildman–Crippen LogP) is 1.79. The van der Waals surface area contributed by atoms with Crippen molar-refractivity contribution >= 4 is 17.8 Å². The fourth-order valence-corrected chi connectivity index (χ4v) is 3.06. The van der Waals surface area contributed by atoms with Gasteiger partial charge < -0.3 is 14.4 Å². The van der Waals surface area contributed by atoms with Crippen LogP contribution in [0, 0.1) is 17.8 Å². The van der Waals surface area contributed by atoms with Crippen molar-refractivity contribution in [3.05, 3.63) is 12.2 Å². The van der Waals surface area contributed by atoms with Crippen molar-refractivity contribution in [2.45, 2.75) is 32.8 Å². The van der Waals surface area contributed by atoms with Gasteiger partial charge in [0.2, 0.25) is 0 Å². The molecule has 6 heteroatoms. The molecule has 0 spiro atoms. The number of nitrogens with zero attached hydrogens (tertiary/aromatic N) is 1. The highest BCUT2D eigenvalue weighted by molar-refractivity contribution is 6.06. The molecule has 1 fully saturated rings. The van der Waals surface area contributed by atoms with Crippen molar-refractivity contribution in [3.8, 4) is 0 Å². The monoisotopic (exact) mass is 309 g/mol. The Morgan fingerprint density at radius 1 is 1.32 bits per heavy atom. The lowest BCUT2D eigenvalue weighted by atomic mass is 9.71. The number of rotatable bonds is 1. The van der Waals surface area contributed by atoms with Crippen LogP contribution >= 0.6 is 0 Å². The van der Waals surface area contributed by atoms with Gasteiger partial charge >= 0.3 is 12.1 Å². The van der Waals surface area contributed by atoms with Gasteiger partial charge in [0.05, 0.1) is 7.11 Å². The molecular formula is C16H23NO5. The standard InChI is InChI=1S/C16H23NO5/c1-16(2,3)22-15(20)17-8-7-11-10(9-17)5-6-12(18)13(11)14(19)21-4/h5-6,10-11,13H,7-9H2,1-4H3/t10-,11-,13+/m0/s1. The maximum Gasteiger partial charge on any atom is 0.410 e. The second kappa shape index (κ2) is 6.10. The molecule has 0 aromatic carbocycles. The molecule has 22 heavy (non-hydrogen) atoms. The van der Waals surface area contributed by atoms with Crippen molar-refractivity contribution in [3.63, 3.8) is 0 Å². The van der Waals surface area contributed by atoms with Crippen LogP contribution in [0.3, 0.4) is 0 Å². The normalized spacial score (nSPS) is 28.1. The van der Waals surface area contributed by atoms with E-state index in [1.165, 1.54) is 13.2 Å². The van der Waals surface area contributed by atoms with Gasteiger partial charge in [-0.05, 0) is 45.1 Å². The first-order chi connectivity index (χ1) is 10.2. The highest BCUT2D eigenvalue weighted by atomic mass is 16.6. The lowest BCUT2D eigenvalue weighted by Crippen LogP contribution is -2.50. The largest absolute Gasteiger partial charge is 0.468 e. The number of methoxy groups -OCH3 is 1. The fourth-order valence-electron chi connectivity index (χ4n) is 3.06. The summed E-state index contributed by atoms with van der Waals surface area (Å²) in [5, 5.41) is 0. The number of ether oxygens (including phenoxy) is 2. The Kier molecular flexibility index (Phi) is 4.58. The molecule has 1 aliphatic heterocycles. The average Bonchev–Trinajstić information content (AvgIpc) is 2.44. The van der Waals surface area contributed by atoms with Crippen LogP contribution in [-0.4, -0.2) is 48.5 Å². The van der Waals surface area contributed by atoms with Crippen LogP contribution in [0.1, 0.15) is 27.2 Å². The molecule has 6 nitrogen and oxygen atoms in total. The third kappa shape index (κ3) is 3.48. The zero-order valence-electron chi connectivity index (χ0n) is 13.5. The summed E-state index contributed by atoms with van der Waals surface area (Å²) in [5.41, 5.74) is -0.541. The minimum atomic E-state index is -0.749. The lowest BCUT2D eigenvalue weighted by Gasteiger charge is -2.41. The van der Waals surface area contributed by atoms with E-state index >= 15 is 0 Å². The van der Waals surface area contributed by atoms with Crippen LogP contribution in [0.5, 0.6) is 0 Å². The zero-order chi connectivity index (χ0) is 16.5. The van der Waals surface area contributed by atoms with Crippen LogP contribution in [0.25, 0.3) is 0 Å². The quantitative estimate of drug-likeness (QED) is 0.545. The van der Waals surface area contributed by atoms with E-state index in [4.69, 9.17) is 9.47 Å². The first-order valence-corrected chi connectivity index (χ1v) is 7.50. The molecule has 0 bridgehead atoms. The minimum Gasteiger partial charge on any atom is -0.468 e. The van der Waals surface area contributed by atoms with E-state index in [9.17, 15) is 14.4 Å². The molecule has 1 heterocycles. The van der Waals surface area contributed by atoms with Gasteiger partial charge in [-0.3, -0.25) is 9.59 Å². The fraction of sp³-hybridized carbons (Fsp3) is 0.688.